The van der Waals surface area contributed by atoms with Crippen molar-refractivity contribution in [3.8, 4) is 0 Å². The minimum absolute atomic E-state index is 0. The molecule has 1 fully saturated rings. The van der Waals surface area contributed by atoms with Crippen LogP contribution in [0.3, 0.4) is 0 Å². The number of hydrogen-bond acceptors (Lipinski definition) is 4. The van der Waals surface area contributed by atoms with Gasteiger partial charge in [-0.25, -0.2) is 9.18 Å². The Balaban J connectivity index is 0.000000262. The van der Waals surface area contributed by atoms with Crippen molar-refractivity contribution in [2.45, 2.75) is 25.7 Å². The lowest BCUT2D eigenvalue weighted by molar-refractivity contribution is 0.243. The summed E-state index contributed by atoms with van der Waals surface area (Å²) in [6.07, 6.45) is 6.15. The average molecular weight is 361 g/mol. The van der Waals surface area contributed by atoms with E-state index in [1.165, 1.54) is 25.3 Å². The van der Waals surface area contributed by atoms with Gasteiger partial charge >= 0.3 is 6.03 Å². The molecule has 0 saturated carbocycles. The zero-order valence-electron chi connectivity index (χ0n) is 15.1. The molecule has 1 saturated heterocycles. The van der Waals surface area contributed by atoms with Crippen molar-refractivity contribution in [1.29, 1.82) is 0 Å². The second-order valence-corrected chi connectivity index (χ2v) is 5.98. The number of piperidine rings is 1. The van der Waals surface area contributed by atoms with Gasteiger partial charge in [0.25, 0.3) is 0 Å². The van der Waals surface area contributed by atoms with Crippen molar-refractivity contribution in [1.82, 2.24) is 20.8 Å². The van der Waals surface area contributed by atoms with E-state index in [4.69, 9.17) is 0 Å². The molecule has 0 aliphatic carbocycles. The first-order chi connectivity index (χ1) is 12.7. The van der Waals surface area contributed by atoms with Crippen LogP contribution in [-0.4, -0.2) is 42.9 Å². The number of carbonyl (C=O) groups is 1. The number of aromatic nitrogens is 2. The number of amides is 2. The lowest BCUT2D eigenvalue weighted by atomic mass is 10.1. The van der Waals surface area contributed by atoms with Crippen LogP contribution in [0.2, 0.25) is 0 Å². The van der Waals surface area contributed by atoms with Crippen LogP contribution in [0.15, 0.2) is 42.6 Å². The van der Waals surface area contributed by atoms with Gasteiger partial charge < -0.3 is 15.5 Å². The molecule has 0 radical (unpaired) electrons. The van der Waals surface area contributed by atoms with Gasteiger partial charge in [-0.05, 0) is 49.4 Å². The smallest absolute Gasteiger partial charge is 0.314 e. The van der Waals surface area contributed by atoms with E-state index in [0.717, 1.165) is 18.9 Å². The molecule has 7 heteroatoms. The molecule has 2 aromatic rings. The van der Waals surface area contributed by atoms with Crippen molar-refractivity contribution in [2.24, 2.45) is 0 Å². The Morgan fingerprint density at radius 3 is 2.62 bits per heavy atom. The van der Waals surface area contributed by atoms with Gasteiger partial charge in [-0.1, -0.05) is 18.2 Å². The number of carbonyl (C=O) groups excluding carboxylic acids is 1. The summed E-state index contributed by atoms with van der Waals surface area (Å²) in [5.41, 5.74) is 0.615. The third-order valence-electron chi connectivity index (χ3n) is 4.10. The van der Waals surface area contributed by atoms with Gasteiger partial charge in [-0.15, -0.1) is 5.10 Å². The third-order valence-corrected chi connectivity index (χ3v) is 4.10. The predicted octanol–water partition coefficient (Wildman–Crippen LogP) is 3.01. The van der Waals surface area contributed by atoms with Crippen LogP contribution in [0.4, 0.5) is 15.0 Å². The fourth-order valence-corrected chi connectivity index (χ4v) is 2.69. The number of anilines is 1. The number of nitrogens with one attached hydrogen (secondary N) is 2. The van der Waals surface area contributed by atoms with E-state index < -0.39 is 0 Å². The Hall–Kier alpha value is -2.70. The van der Waals surface area contributed by atoms with E-state index in [1.54, 1.807) is 31.4 Å². The number of halogens is 1. The van der Waals surface area contributed by atoms with Gasteiger partial charge in [-0.3, -0.25) is 0 Å². The minimum Gasteiger partial charge on any atom is -0.355 e. The van der Waals surface area contributed by atoms with Crippen LogP contribution in [0, 0.1) is 5.82 Å². The maximum absolute atomic E-state index is 13.1. The first-order valence-corrected chi connectivity index (χ1v) is 8.92. The molecule has 3 rings (SSSR count). The molecule has 2 amide bonds. The number of hydrogen-bond donors (Lipinski definition) is 2. The minimum atomic E-state index is -0.249. The molecule has 142 valence electrons. The summed E-state index contributed by atoms with van der Waals surface area (Å²) in [5.74, 6) is 0.795. The Kier molecular flexibility index (Phi) is 8.32. The molecular formula is C19H28FN5O. The molecule has 2 N–H and O–H groups in total. The van der Waals surface area contributed by atoms with Crippen LogP contribution < -0.4 is 15.5 Å². The molecule has 0 spiro atoms. The SMILES string of the molecule is CNC(=O)NCCc1ccccc1F.[HH].c1cnnc(N2CCCCC2)c1. The highest BCUT2D eigenvalue weighted by molar-refractivity contribution is 5.73. The van der Waals surface area contributed by atoms with E-state index in [2.05, 4.69) is 25.7 Å². The summed E-state index contributed by atoms with van der Waals surface area (Å²) in [6.45, 7) is 2.71. The summed E-state index contributed by atoms with van der Waals surface area (Å²) in [5, 5.41) is 13.0. The Morgan fingerprint density at radius 2 is 1.96 bits per heavy atom. The first kappa shape index (κ1) is 19.6. The third kappa shape index (κ3) is 6.66. The van der Waals surface area contributed by atoms with Gasteiger partial charge in [0.05, 0.1) is 0 Å². The van der Waals surface area contributed by atoms with E-state index in [9.17, 15) is 9.18 Å². The molecule has 2 heterocycles. The number of nitrogens with zero attached hydrogens (tertiary/aromatic N) is 3. The highest BCUT2D eigenvalue weighted by atomic mass is 19.1. The monoisotopic (exact) mass is 361 g/mol. The number of rotatable bonds is 4. The maximum Gasteiger partial charge on any atom is 0.314 e. The van der Waals surface area contributed by atoms with Crippen LogP contribution in [0.25, 0.3) is 0 Å². The largest absolute Gasteiger partial charge is 0.355 e. The molecule has 0 bridgehead atoms. The molecule has 1 aliphatic rings. The quantitative estimate of drug-likeness (QED) is 0.878. The van der Waals surface area contributed by atoms with Crippen LogP contribution in [0.1, 0.15) is 26.3 Å². The van der Waals surface area contributed by atoms with Gasteiger partial charge in [0.15, 0.2) is 5.82 Å². The second kappa shape index (κ2) is 11.0. The summed E-state index contributed by atoms with van der Waals surface area (Å²) in [7, 11) is 1.54. The van der Waals surface area contributed by atoms with Crippen LogP contribution in [0.5, 0.6) is 0 Å². The van der Waals surface area contributed by atoms with Crippen molar-refractivity contribution in [3.05, 3.63) is 54.0 Å². The zero-order chi connectivity index (χ0) is 18.6. The fraction of sp³-hybridized carbons (Fsp3) is 0.421. The normalized spacial score (nSPS) is 13.4. The summed E-state index contributed by atoms with van der Waals surface area (Å²) in [4.78, 5) is 13.1. The fourth-order valence-electron chi connectivity index (χ4n) is 2.69. The number of benzene rings is 1. The molecule has 1 aliphatic heterocycles. The van der Waals surface area contributed by atoms with Crippen LogP contribution in [-0.2, 0) is 6.42 Å². The van der Waals surface area contributed by atoms with Crippen molar-refractivity contribution < 1.29 is 10.6 Å². The van der Waals surface area contributed by atoms with Crippen LogP contribution >= 0.6 is 0 Å². The first-order valence-electron chi connectivity index (χ1n) is 8.92. The predicted molar refractivity (Wildman–Crippen MR) is 103 cm³/mol. The molecule has 26 heavy (non-hydrogen) atoms. The van der Waals surface area contributed by atoms with E-state index in [0.29, 0.717) is 18.5 Å². The van der Waals surface area contributed by atoms with E-state index in [1.807, 2.05) is 12.1 Å². The number of urea groups is 1. The standard InChI is InChI=1S/C10H13FN2O.C9H13N3.H2/c1-12-10(14)13-7-6-8-4-2-3-5-9(8)11;1-2-7-12(8-3-1)9-5-4-6-10-11-9;/h2-5H,6-7H2,1H3,(H2,12,13,14);4-6H,1-3,7-8H2;1H. The topological polar surface area (TPSA) is 70.1 Å². The highest BCUT2D eigenvalue weighted by Crippen LogP contribution is 2.15. The Bertz CT molecular complexity index is 668. The summed E-state index contributed by atoms with van der Waals surface area (Å²) >= 11 is 0. The van der Waals surface area contributed by atoms with Gasteiger partial charge in [0.2, 0.25) is 0 Å². The Morgan fingerprint density at radius 1 is 1.19 bits per heavy atom. The zero-order valence-corrected chi connectivity index (χ0v) is 15.1. The van der Waals surface area contributed by atoms with E-state index in [-0.39, 0.29) is 13.3 Å². The van der Waals surface area contributed by atoms with Gasteiger partial charge in [0.1, 0.15) is 5.82 Å². The summed E-state index contributed by atoms with van der Waals surface area (Å²) < 4.78 is 13.1. The molecule has 1 aromatic carbocycles. The average Bonchev–Trinajstić information content (AvgIpc) is 2.71. The van der Waals surface area contributed by atoms with Crippen molar-refractivity contribution in [3.63, 3.8) is 0 Å². The van der Waals surface area contributed by atoms with Gasteiger partial charge in [-0.2, -0.15) is 5.10 Å². The Labute approximate surface area is 155 Å². The van der Waals surface area contributed by atoms with Crippen molar-refractivity contribution in [2.75, 3.05) is 31.6 Å². The lowest BCUT2D eigenvalue weighted by Gasteiger charge is -2.26. The lowest BCUT2D eigenvalue weighted by Crippen LogP contribution is -2.34. The molecule has 0 unspecified atom stereocenters. The maximum atomic E-state index is 13.1. The molecular weight excluding hydrogens is 333 g/mol. The van der Waals surface area contributed by atoms with Gasteiger partial charge in [0, 0.05) is 34.3 Å². The molecule has 0 atom stereocenters. The van der Waals surface area contributed by atoms with Crippen molar-refractivity contribution >= 4 is 11.8 Å². The second-order valence-electron chi connectivity index (χ2n) is 5.98. The molecule has 6 nitrogen and oxygen atoms in total. The van der Waals surface area contributed by atoms with E-state index >= 15 is 0 Å². The summed E-state index contributed by atoms with van der Waals surface area (Å²) in [6, 6.07) is 10.3. The highest BCUT2D eigenvalue weighted by Gasteiger charge is 2.11. The molecule has 1 aromatic heterocycles.